The van der Waals surface area contributed by atoms with Gasteiger partial charge in [0, 0.05) is 6.07 Å². The molecule has 0 radical (unpaired) electrons. The molecule has 0 fully saturated rings. The van der Waals surface area contributed by atoms with E-state index in [4.69, 9.17) is 0 Å². The number of aryl methyl sites for hydroxylation is 1. The molecule has 2 aromatic carbocycles. The molecule has 94 valence electrons. The molecule has 2 nitrogen and oxygen atoms in total. The molecule has 3 aromatic rings. The van der Waals surface area contributed by atoms with E-state index in [1.807, 2.05) is 61.7 Å². The van der Waals surface area contributed by atoms with Gasteiger partial charge in [0.1, 0.15) is 5.39 Å². The Morgan fingerprint density at radius 1 is 0.947 bits per heavy atom. The van der Waals surface area contributed by atoms with Gasteiger partial charge in [-0.2, -0.15) is 0 Å². The van der Waals surface area contributed by atoms with Crippen LogP contribution < -0.4 is 5.43 Å². The smallest absolute Gasteiger partial charge is 0.286 e. The first-order valence-corrected chi connectivity index (χ1v) is 7.03. The lowest BCUT2D eigenvalue weighted by atomic mass is 10.1. The summed E-state index contributed by atoms with van der Waals surface area (Å²) in [7, 11) is 1.92. The fraction of sp³-hybridized carbons (Fsp3) is 0.0625. The van der Waals surface area contributed by atoms with Gasteiger partial charge in [-0.1, -0.05) is 30.3 Å². The average molecular weight is 363 g/mol. The maximum Gasteiger partial charge on any atom is 0.286 e. The van der Waals surface area contributed by atoms with E-state index in [0.717, 1.165) is 25.9 Å². The number of rotatable bonds is 1. The summed E-state index contributed by atoms with van der Waals surface area (Å²) in [6.45, 7) is 0. The molecule has 0 N–H and O–H groups in total. The topological polar surface area (TPSA) is 19.8 Å². The fourth-order valence-electron chi connectivity index (χ4n) is 2.28. The Morgan fingerprint density at radius 3 is 2.32 bits per heavy atom. The highest BCUT2D eigenvalue weighted by molar-refractivity contribution is 14.1. The highest BCUT2D eigenvalue weighted by Crippen LogP contribution is 2.30. The minimum absolute atomic E-state index is 0.0839. The van der Waals surface area contributed by atoms with Gasteiger partial charge in [-0.25, -0.2) is 0 Å². The number of hydrogen-bond acceptors (Lipinski definition) is 1. The number of hydrogen-bond donors (Lipinski definition) is 0. The third kappa shape index (κ3) is 1.98. The molecule has 1 aromatic heterocycles. The normalized spacial score (nSPS) is 10.8. The van der Waals surface area contributed by atoms with Crippen molar-refractivity contribution in [2.75, 3.05) is 0 Å². The standard InChI is InChI=1S/C16H12IO2/c1-19-13-10-6-5-9-12(13)15(18)14(17)16(19)11-7-3-2-4-8-11/h2-10H,1H3/q+1. The van der Waals surface area contributed by atoms with Gasteiger partial charge in [-0.15, -0.1) is 0 Å². The molecule has 0 spiro atoms. The molecule has 19 heavy (non-hydrogen) atoms. The lowest BCUT2D eigenvalue weighted by Gasteiger charge is -2.10. The van der Waals surface area contributed by atoms with E-state index in [0.29, 0.717) is 0 Å². The Labute approximate surface area is 124 Å². The van der Waals surface area contributed by atoms with Gasteiger partial charge in [-0.05, 0) is 40.8 Å². The Morgan fingerprint density at radius 2 is 1.58 bits per heavy atom. The first-order valence-electron chi connectivity index (χ1n) is 5.95. The van der Waals surface area contributed by atoms with E-state index >= 15 is 0 Å². The van der Waals surface area contributed by atoms with E-state index in [2.05, 4.69) is 26.6 Å². The minimum Gasteiger partial charge on any atom is -0.536 e. The molecule has 0 saturated heterocycles. The molecule has 0 aliphatic rings. The Bertz CT molecular complexity index is 804. The van der Waals surface area contributed by atoms with Crippen molar-refractivity contribution in [1.82, 2.24) is 0 Å². The maximum absolute atomic E-state index is 12.4. The summed E-state index contributed by atoms with van der Waals surface area (Å²) in [5, 5.41) is 0.735. The molecule has 0 bridgehead atoms. The molecule has 0 unspecified atom stereocenters. The number of benzene rings is 2. The van der Waals surface area contributed by atoms with Crippen LogP contribution in [0.1, 0.15) is 0 Å². The van der Waals surface area contributed by atoms with E-state index < -0.39 is 0 Å². The molecule has 0 amide bonds. The summed E-state index contributed by atoms with van der Waals surface area (Å²) in [4.78, 5) is 12.4. The van der Waals surface area contributed by atoms with Gasteiger partial charge in [0.25, 0.3) is 11.3 Å². The SMILES string of the molecule is C[o+]1c(-c2ccccc2)c(I)c(=O)c2ccccc21. The molecule has 1 heterocycles. The molecule has 0 saturated carbocycles. The van der Waals surface area contributed by atoms with Crippen LogP contribution in [-0.4, -0.2) is 0 Å². The third-order valence-electron chi connectivity index (χ3n) is 3.20. The highest BCUT2D eigenvalue weighted by Gasteiger charge is 2.21. The number of fused-ring (bicyclic) bond motifs is 1. The zero-order chi connectivity index (χ0) is 13.4. The van der Waals surface area contributed by atoms with Crippen LogP contribution in [0.3, 0.4) is 0 Å². The van der Waals surface area contributed by atoms with Crippen molar-refractivity contribution in [2.24, 2.45) is 7.11 Å². The van der Waals surface area contributed by atoms with Gasteiger partial charge < -0.3 is 4.05 Å². The van der Waals surface area contributed by atoms with Crippen LogP contribution in [-0.2, 0) is 7.11 Å². The lowest BCUT2D eigenvalue weighted by molar-refractivity contribution is 0.226. The van der Waals surface area contributed by atoms with Crippen molar-refractivity contribution in [3.8, 4) is 11.3 Å². The van der Waals surface area contributed by atoms with Crippen molar-refractivity contribution in [1.29, 1.82) is 0 Å². The summed E-state index contributed by atoms with van der Waals surface area (Å²) < 4.78 is 3.74. The first-order chi connectivity index (χ1) is 9.20. The molecule has 0 atom stereocenters. The second-order valence-corrected chi connectivity index (χ2v) is 5.42. The van der Waals surface area contributed by atoms with E-state index in [9.17, 15) is 4.79 Å². The lowest BCUT2D eigenvalue weighted by Crippen LogP contribution is -2.09. The van der Waals surface area contributed by atoms with E-state index in [1.165, 1.54) is 0 Å². The van der Waals surface area contributed by atoms with Gasteiger partial charge in [0.2, 0.25) is 5.43 Å². The van der Waals surface area contributed by atoms with Gasteiger partial charge in [0.05, 0.1) is 5.56 Å². The number of halogens is 1. The zero-order valence-electron chi connectivity index (χ0n) is 10.4. The van der Waals surface area contributed by atoms with Crippen LogP contribution >= 0.6 is 22.6 Å². The predicted molar refractivity (Wildman–Crippen MR) is 86.2 cm³/mol. The second-order valence-electron chi connectivity index (χ2n) is 4.34. The van der Waals surface area contributed by atoms with Gasteiger partial charge >= 0.3 is 0 Å². The van der Waals surface area contributed by atoms with Crippen LogP contribution in [0.15, 0.2) is 63.4 Å². The summed E-state index contributed by atoms with van der Waals surface area (Å²) in [5.41, 5.74) is 2.00. The largest absolute Gasteiger partial charge is 0.536 e. The van der Waals surface area contributed by atoms with E-state index in [1.54, 1.807) is 0 Å². The number of para-hydroxylation sites is 1. The van der Waals surface area contributed by atoms with E-state index in [-0.39, 0.29) is 5.43 Å². The summed E-state index contributed by atoms with van der Waals surface area (Å²) in [5.74, 6) is 0.893. The fourth-order valence-corrected chi connectivity index (χ4v) is 3.21. The quantitative estimate of drug-likeness (QED) is 0.467. The van der Waals surface area contributed by atoms with Gasteiger partial charge in [-0.3, -0.25) is 4.79 Å². The summed E-state index contributed by atoms with van der Waals surface area (Å²) in [6.07, 6.45) is 0. The third-order valence-corrected chi connectivity index (χ3v) is 4.18. The molecule has 3 rings (SSSR count). The molecular formula is C16H12IO2+. The van der Waals surface area contributed by atoms with Crippen molar-refractivity contribution in [2.45, 2.75) is 0 Å². The second kappa shape index (κ2) is 4.81. The Hall–Kier alpha value is -1.62. The molecular weight excluding hydrogens is 351 g/mol. The molecule has 0 aliphatic carbocycles. The molecule has 3 heteroatoms. The first kappa shape index (κ1) is 12.4. The van der Waals surface area contributed by atoms with Crippen molar-refractivity contribution >= 4 is 33.6 Å². The van der Waals surface area contributed by atoms with Crippen LogP contribution in [0.2, 0.25) is 0 Å². The monoisotopic (exact) mass is 363 g/mol. The van der Waals surface area contributed by atoms with Crippen molar-refractivity contribution in [3.63, 3.8) is 0 Å². The predicted octanol–water partition coefficient (Wildman–Crippen LogP) is 4.29. The van der Waals surface area contributed by atoms with Crippen LogP contribution in [0.4, 0.5) is 0 Å². The molecule has 0 aliphatic heterocycles. The highest BCUT2D eigenvalue weighted by atomic mass is 127. The summed E-state index contributed by atoms with van der Waals surface area (Å²) >= 11 is 2.13. The minimum atomic E-state index is 0.0839. The van der Waals surface area contributed by atoms with Crippen molar-refractivity contribution < 1.29 is 4.05 Å². The zero-order valence-corrected chi connectivity index (χ0v) is 12.5. The van der Waals surface area contributed by atoms with Crippen LogP contribution in [0.5, 0.6) is 0 Å². The summed E-state index contributed by atoms with van der Waals surface area (Å²) in [6, 6.07) is 17.6. The maximum atomic E-state index is 12.4. The Kier molecular flexibility index (Phi) is 3.14. The van der Waals surface area contributed by atoms with Gasteiger partial charge in [0.15, 0.2) is 10.7 Å². The Balaban J connectivity index is 2.48. The average Bonchev–Trinajstić information content (AvgIpc) is 2.46. The van der Waals surface area contributed by atoms with Crippen LogP contribution in [0, 0.1) is 3.57 Å². The van der Waals surface area contributed by atoms with Crippen LogP contribution in [0.25, 0.3) is 22.3 Å². The van der Waals surface area contributed by atoms with Crippen molar-refractivity contribution in [3.05, 3.63) is 68.4 Å².